The molecule has 3 fully saturated rings. The van der Waals surface area contributed by atoms with E-state index in [0.29, 0.717) is 109 Å². The summed E-state index contributed by atoms with van der Waals surface area (Å²) in [6.45, 7) is 13.5. The average molecular weight is 1200 g/mol. The summed E-state index contributed by atoms with van der Waals surface area (Å²) in [6, 6.07) is 6.37. The van der Waals surface area contributed by atoms with Gasteiger partial charge in [0.05, 0.1) is 45.6 Å². The molecule has 6 aliphatic rings. The first-order valence-corrected chi connectivity index (χ1v) is 27.6. The number of hydrogen-bond donors (Lipinski definition) is 2. The van der Waals surface area contributed by atoms with E-state index in [-0.39, 0.29) is 48.8 Å². The molecule has 2 amide bonds. The molecule has 3 saturated heterocycles. The number of aliphatic hydroxyl groups is 1. The number of carboxylic acid groups (broad SMARTS) is 1. The minimum atomic E-state index is -4.64. The number of carbonyl (C=O) groups excluding carboxylic acids is 3. The van der Waals surface area contributed by atoms with Crippen LogP contribution in [0.1, 0.15) is 114 Å². The SMILES string of the molecule is C.CC(C)(C)OC(=O)N1CC=C(c2cnc(CCc3c(F)ccc4c3CCO4)n3cnnc23)CC1.CO.O=C(C1COC1)N1CCC(c2cnc(CCc3c(F)ccc4c3CCO4)n3cnnc23)CC1.O=C(O)C1COC1.O=CC(F)(F)F.[2H]CC. The fraction of sp³-hybridized carbons (Fsp3) is 0.525. The average Bonchev–Trinajstić information content (AvgIpc) is 2.05. The fourth-order valence-corrected chi connectivity index (χ4v) is 10.1. The van der Waals surface area contributed by atoms with Gasteiger partial charge in [0, 0.05) is 95.0 Å². The minimum Gasteiger partial charge on any atom is -0.493 e. The Hall–Kier alpha value is -7.71. The maximum atomic E-state index is 14.5. The summed E-state index contributed by atoms with van der Waals surface area (Å²) in [5, 5.41) is 32.1. The second-order valence-electron chi connectivity index (χ2n) is 20.9. The molecule has 0 radical (unpaired) electrons. The monoisotopic (exact) mass is 1200 g/mol. The number of aldehydes is 1. The van der Waals surface area contributed by atoms with Gasteiger partial charge in [-0.05, 0) is 99.8 Å². The van der Waals surface area contributed by atoms with E-state index in [0.717, 1.165) is 103 Å². The molecule has 0 bridgehead atoms. The van der Waals surface area contributed by atoms with Gasteiger partial charge in [0.1, 0.15) is 59.0 Å². The van der Waals surface area contributed by atoms with E-state index in [1.807, 2.05) is 52.9 Å². The third kappa shape index (κ3) is 16.8. The number of fused-ring (bicyclic) bond motifs is 4. The Bertz CT molecular complexity index is 3290. The molecule has 0 aliphatic carbocycles. The van der Waals surface area contributed by atoms with Gasteiger partial charge in [-0.25, -0.2) is 23.5 Å². The molecule has 21 nitrogen and oxygen atoms in total. The molecule has 0 saturated carbocycles. The number of carboxylic acids is 1. The number of benzene rings is 2. The largest absolute Gasteiger partial charge is 0.493 e. The van der Waals surface area contributed by atoms with Crippen molar-refractivity contribution in [2.45, 2.75) is 118 Å². The first-order valence-electron chi connectivity index (χ1n) is 28.3. The number of amides is 2. The summed E-state index contributed by atoms with van der Waals surface area (Å²) < 4.78 is 96.8. The molecule has 2 N–H and O–H groups in total. The predicted octanol–water partition coefficient (Wildman–Crippen LogP) is 8.08. The third-order valence-electron chi connectivity index (χ3n) is 14.5. The number of rotatable bonds is 10. The molecule has 462 valence electrons. The van der Waals surface area contributed by atoms with Crippen LogP contribution in [0.3, 0.4) is 0 Å². The van der Waals surface area contributed by atoms with Gasteiger partial charge in [-0.1, -0.05) is 27.3 Å². The van der Waals surface area contributed by atoms with E-state index in [1.54, 1.807) is 36.6 Å². The van der Waals surface area contributed by atoms with Crippen LogP contribution < -0.4 is 9.47 Å². The molecular formula is C59H75F5N10O11. The lowest BCUT2D eigenvalue weighted by molar-refractivity contribution is -0.156. The number of halogens is 5. The van der Waals surface area contributed by atoms with Gasteiger partial charge in [-0.3, -0.25) is 23.2 Å². The van der Waals surface area contributed by atoms with Gasteiger partial charge in [0.25, 0.3) is 0 Å². The Labute approximate surface area is 490 Å². The molecule has 12 rings (SSSR count). The van der Waals surface area contributed by atoms with Gasteiger partial charge < -0.3 is 43.7 Å². The number of likely N-dealkylation sites (tertiary alicyclic amines) is 1. The number of aliphatic hydroxyl groups excluding tert-OH is 1. The second-order valence-corrected chi connectivity index (χ2v) is 20.9. The zero-order chi connectivity index (χ0) is 61.4. The van der Waals surface area contributed by atoms with E-state index in [9.17, 15) is 36.3 Å². The zero-order valence-electron chi connectivity index (χ0n) is 48.6. The topological polar surface area (TPSA) is 248 Å². The molecule has 2 aromatic carbocycles. The van der Waals surface area contributed by atoms with Crippen molar-refractivity contribution in [1.82, 2.24) is 49.0 Å². The quantitative estimate of drug-likeness (QED) is 0.0972. The fourth-order valence-electron chi connectivity index (χ4n) is 10.1. The van der Waals surface area contributed by atoms with Crippen molar-refractivity contribution in [2.75, 3.05) is 72.9 Å². The highest BCUT2D eigenvalue weighted by molar-refractivity contribution is 5.80. The number of aliphatic carboxylic acids is 1. The van der Waals surface area contributed by atoms with Crippen LogP contribution in [0.25, 0.3) is 16.9 Å². The second kappa shape index (κ2) is 30.4. The predicted molar refractivity (Wildman–Crippen MR) is 301 cm³/mol. The van der Waals surface area contributed by atoms with Crippen LogP contribution in [0, 0.1) is 23.5 Å². The minimum absolute atomic E-state index is 0. The molecule has 0 unspecified atom stereocenters. The number of nitrogens with zero attached hydrogens (tertiary/aromatic N) is 10. The van der Waals surface area contributed by atoms with Crippen LogP contribution in [0.4, 0.5) is 26.7 Å². The van der Waals surface area contributed by atoms with E-state index < -0.39 is 24.0 Å². The van der Waals surface area contributed by atoms with E-state index in [4.69, 9.17) is 40.3 Å². The van der Waals surface area contributed by atoms with Crippen molar-refractivity contribution in [2.24, 2.45) is 11.8 Å². The molecule has 0 spiro atoms. The zero-order valence-corrected chi connectivity index (χ0v) is 47.6. The number of aromatic nitrogens is 8. The van der Waals surface area contributed by atoms with E-state index >= 15 is 0 Å². The number of piperidine rings is 1. The summed E-state index contributed by atoms with van der Waals surface area (Å²) in [6.07, 6.45) is 9.14. The lowest BCUT2D eigenvalue weighted by Gasteiger charge is -2.36. The summed E-state index contributed by atoms with van der Waals surface area (Å²) in [7, 11) is 1.00. The van der Waals surface area contributed by atoms with Gasteiger partial charge in [0.15, 0.2) is 11.3 Å². The number of hydrogen-bond acceptors (Lipinski definition) is 16. The molecule has 6 aliphatic heterocycles. The highest BCUT2D eigenvalue weighted by Crippen LogP contribution is 2.35. The van der Waals surface area contributed by atoms with Crippen LogP contribution in [-0.4, -0.2) is 168 Å². The van der Waals surface area contributed by atoms with Gasteiger partial charge in [-0.15, -0.1) is 20.4 Å². The number of carbonyl (C=O) groups is 4. The lowest BCUT2D eigenvalue weighted by atomic mass is 9.90. The van der Waals surface area contributed by atoms with Gasteiger partial charge in [0.2, 0.25) is 12.2 Å². The number of ether oxygens (including phenoxy) is 5. The Morgan fingerprint density at radius 2 is 1.26 bits per heavy atom. The van der Waals surface area contributed by atoms with Gasteiger partial charge >= 0.3 is 18.2 Å². The van der Waals surface area contributed by atoms with Crippen molar-refractivity contribution >= 4 is 41.1 Å². The summed E-state index contributed by atoms with van der Waals surface area (Å²) in [5.41, 5.74) is 7.36. The van der Waals surface area contributed by atoms with Crippen LogP contribution in [0.5, 0.6) is 11.5 Å². The molecule has 26 heteroatoms. The van der Waals surface area contributed by atoms with E-state index in [1.165, 1.54) is 12.1 Å². The highest BCUT2D eigenvalue weighted by atomic mass is 19.4. The summed E-state index contributed by atoms with van der Waals surface area (Å²) in [4.78, 5) is 56.5. The maximum Gasteiger partial charge on any atom is 0.446 e. The van der Waals surface area contributed by atoms with Crippen molar-refractivity contribution in [3.8, 4) is 11.5 Å². The first kappa shape index (κ1) is 64.8. The Kier molecular flexibility index (Phi) is 23.2. The molecule has 4 aromatic heterocycles. The van der Waals surface area contributed by atoms with Crippen LogP contribution in [0.15, 0.2) is 55.4 Å². The molecule has 6 aromatic rings. The summed E-state index contributed by atoms with van der Waals surface area (Å²) >= 11 is 0. The maximum absolute atomic E-state index is 14.5. The van der Waals surface area contributed by atoms with E-state index in [2.05, 4.69) is 30.1 Å². The van der Waals surface area contributed by atoms with Crippen molar-refractivity contribution in [3.05, 3.63) is 112 Å². The van der Waals surface area contributed by atoms with Gasteiger partial charge in [-0.2, -0.15) is 13.2 Å². The Morgan fingerprint density at radius 3 is 1.71 bits per heavy atom. The molecular weight excluding hydrogens is 1120 g/mol. The van der Waals surface area contributed by atoms with Crippen LogP contribution in [0.2, 0.25) is 0 Å². The lowest BCUT2D eigenvalue weighted by Crippen LogP contribution is -2.47. The molecule has 0 atom stereocenters. The van der Waals surface area contributed by atoms with Crippen molar-refractivity contribution in [3.63, 3.8) is 0 Å². The standard InChI is InChI=1S/C25H28FN5O3.C24H26FN5O3.C4H6O3.C2HF3O.C2H6.CH4O.CH4/c1-25(2,3)34-24(32)30-11-8-16(9-12-30)19-14-27-22(31-15-28-29-23(19)31)7-4-17-18-10-13-33-21(18)6-5-20(17)26;25-20-2-3-21-18(7-10-33-21)17(20)1-4-22-26-11-19(23-28-27-14-30(22)23)15-5-8-29(9-6-15)24(31)16-12-32-13-16;5-4(6)3-1-7-2-3;3-2(4,5)1-6;2*1-2;/h5-6,8,14-15H,4,7,9-13H2,1-3H3;2-3,11,14-16H,1,4-10,12-13H2;3H,1-2H2,(H,5,6);1H;1-2H3;2H,1H3;1H4/i;;;;1D;;. The third-order valence-corrected chi connectivity index (χ3v) is 14.5. The number of alkyl halides is 3. The van der Waals surface area contributed by atoms with Crippen molar-refractivity contribution < 1.29 is 76.4 Å². The molecule has 10 heterocycles. The van der Waals surface area contributed by atoms with Crippen LogP contribution in [-0.2, 0) is 67.1 Å². The Morgan fingerprint density at radius 1 is 0.753 bits per heavy atom. The van der Waals surface area contributed by atoms with Crippen molar-refractivity contribution in [1.29, 1.82) is 0 Å². The normalized spacial score (nSPS) is 16.5. The number of aryl methyl sites for hydroxylation is 2. The molecule has 85 heavy (non-hydrogen) atoms. The van der Waals surface area contributed by atoms with Crippen LogP contribution >= 0.6 is 0 Å². The highest BCUT2D eigenvalue weighted by Gasteiger charge is 2.34. The first-order chi connectivity index (χ1) is 40.8. The Balaban J connectivity index is 0.000000213. The smallest absolute Gasteiger partial charge is 0.446 e. The summed E-state index contributed by atoms with van der Waals surface area (Å²) in [5.74, 6) is 2.32.